The molecule has 2 aromatic rings. The van der Waals surface area contributed by atoms with Crippen LogP contribution in [0.15, 0.2) is 12.7 Å². The predicted octanol–water partition coefficient (Wildman–Crippen LogP) is 0.163. The number of hydrogen-bond acceptors (Lipinski definition) is 12. The van der Waals surface area contributed by atoms with Gasteiger partial charge >= 0.3 is 13.8 Å². The smallest absolute Gasteiger partial charge is 0.387 e. The summed E-state index contributed by atoms with van der Waals surface area (Å²) in [6.07, 6.45) is 0.411. The van der Waals surface area contributed by atoms with Crippen molar-refractivity contribution in [1.29, 1.82) is 0 Å². The van der Waals surface area contributed by atoms with Crippen LogP contribution in [-0.2, 0) is 27.9 Å². The van der Waals surface area contributed by atoms with Gasteiger partial charge in [-0.15, -0.1) is 0 Å². The number of phosphoric ester groups is 1. The number of aliphatic hydroxyl groups is 2. The minimum Gasteiger partial charge on any atom is -0.387 e. The number of ether oxygens (including phenoxy) is 1. The molecule has 2 aliphatic heterocycles. The van der Waals surface area contributed by atoms with Crippen molar-refractivity contribution < 1.29 is 43.0 Å². The Bertz CT molecular complexity index is 1180. The molecule has 1 amide bonds. The van der Waals surface area contributed by atoms with Crippen LogP contribution in [0.5, 0.6) is 0 Å². The number of nitrogens with zero attached hydrogens (tertiary/aromatic N) is 4. The summed E-state index contributed by atoms with van der Waals surface area (Å²) in [4.78, 5) is 45.3. The first-order chi connectivity index (χ1) is 17.6. The number of carbonyl (C=O) groups is 2. The zero-order valence-electron chi connectivity index (χ0n) is 20.2. The second-order valence-electron chi connectivity index (χ2n) is 9.31. The van der Waals surface area contributed by atoms with Gasteiger partial charge in [0.25, 0.3) is 0 Å². The molecule has 0 saturated carbocycles. The van der Waals surface area contributed by atoms with Gasteiger partial charge in [-0.3, -0.25) is 23.6 Å². The average Bonchev–Trinajstić information content (AvgIpc) is 3.48. The highest BCUT2D eigenvalue weighted by atomic mass is 31.2. The van der Waals surface area contributed by atoms with E-state index in [-0.39, 0.29) is 41.3 Å². The van der Waals surface area contributed by atoms with Crippen LogP contribution in [0.1, 0.15) is 51.7 Å². The van der Waals surface area contributed by atoms with Crippen LogP contribution in [0.3, 0.4) is 0 Å². The fraction of sp³-hybridized carbons (Fsp3) is 0.667. The molecule has 2 aliphatic rings. The molecule has 15 nitrogen and oxygen atoms in total. The van der Waals surface area contributed by atoms with Crippen LogP contribution in [-0.4, -0.2) is 77.5 Å². The van der Waals surface area contributed by atoms with E-state index >= 15 is 0 Å². The first kappa shape index (κ1) is 27.4. The maximum absolute atomic E-state index is 12.2. The lowest BCUT2D eigenvalue weighted by molar-refractivity contribution is -0.136. The number of phosphoric acid groups is 1. The van der Waals surface area contributed by atoms with E-state index in [4.69, 9.17) is 15.0 Å². The SMILES string of the molecule is C[C@@H]1CC(=O)N[C@@H]1CCCCCC(=O)OP(=O)(O)OC[C@H]1O[C@@H](n2cnc3c(N)ncnc32)[C@H](O)[C@@H]1O. The lowest BCUT2D eigenvalue weighted by Crippen LogP contribution is -2.33. The molecule has 0 aliphatic carbocycles. The number of amides is 1. The van der Waals surface area contributed by atoms with E-state index in [0.717, 1.165) is 12.8 Å². The van der Waals surface area contributed by atoms with Crippen molar-refractivity contribution in [3.05, 3.63) is 12.7 Å². The number of aromatic nitrogens is 4. The van der Waals surface area contributed by atoms with Crippen molar-refractivity contribution >= 4 is 36.7 Å². The van der Waals surface area contributed by atoms with E-state index < -0.39 is 44.9 Å². The first-order valence-corrected chi connectivity index (χ1v) is 13.5. The number of unbranched alkanes of at least 4 members (excludes halogenated alkanes) is 2. The number of anilines is 1. The van der Waals surface area contributed by atoms with Gasteiger partial charge in [-0.05, 0) is 18.8 Å². The van der Waals surface area contributed by atoms with Crippen LogP contribution in [0.4, 0.5) is 5.82 Å². The van der Waals surface area contributed by atoms with Crippen molar-refractivity contribution in [2.45, 2.75) is 76.0 Å². The monoisotopic (exact) mass is 542 g/mol. The van der Waals surface area contributed by atoms with Crippen molar-refractivity contribution in [3.8, 4) is 0 Å². The Balaban J connectivity index is 1.21. The molecule has 1 unspecified atom stereocenters. The topological polar surface area (TPSA) is 221 Å². The standard InChI is InChI=1S/C21H31N6O9P/c1-11-7-14(28)26-12(11)5-3-2-4-6-15(29)36-37(32,33)34-8-13-17(30)18(31)21(35-13)27-10-25-16-19(22)23-9-24-20(16)27/h9-13,17-18,21,30-31H,2-8H2,1H3,(H,26,28)(H,32,33)(H2,22,23,24)/t11-,12-,13-,17-,18-,21-/m1/s1. The molecule has 2 aromatic heterocycles. The normalized spacial score (nSPS) is 29.4. The fourth-order valence-electron chi connectivity index (χ4n) is 4.53. The predicted molar refractivity (Wildman–Crippen MR) is 126 cm³/mol. The van der Waals surface area contributed by atoms with Gasteiger partial charge in [0, 0.05) is 18.9 Å². The zero-order valence-corrected chi connectivity index (χ0v) is 21.1. The lowest BCUT2D eigenvalue weighted by Gasteiger charge is -2.17. The van der Waals surface area contributed by atoms with Crippen LogP contribution < -0.4 is 11.1 Å². The number of fused-ring (bicyclic) bond motifs is 1. The quantitative estimate of drug-likeness (QED) is 0.189. The third kappa shape index (κ3) is 6.43. The summed E-state index contributed by atoms with van der Waals surface area (Å²) in [5.74, 6) is -0.450. The number of carbonyl (C=O) groups excluding carboxylic acids is 2. The van der Waals surface area contributed by atoms with Crippen LogP contribution in [0, 0.1) is 5.92 Å². The van der Waals surface area contributed by atoms with Gasteiger partial charge in [0.15, 0.2) is 17.7 Å². The van der Waals surface area contributed by atoms with Gasteiger partial charge in [-0.1, -0.05) is 19.8 Å². The molecule has 16 heteroatoms. The Hall–Kier alpha value is -2.68. The molecule has 2 saturated heterocycles. The highest BCUT2D eigenvalue weighted by Gasteiger charge is 2.45. The Kier molecular flexibility index (Phi) is 8.41. The molecule has 2 fully saturated rings. The molecule has 0 bridgehead atoms. The molecule has 0 aromatic carbocycles. The average molecular weight is 542 g/mol. The molecule has 4 rings (SSSR count). The number of nitrogen functional groups attached to an aromatic ring is 1. The molecule has 4 heterocycles. The largest absolute Gasteiger partial charge is 0.529 e. The van der Waals surface area contributed by atoms with Gasteiger partial charge in [0.1, 0.15) is 30.2 Å². The second-order valence-corrected chi connectivity index (χ2v) is 10.7. The van der Waals surface area contributed by atoms with E-state index in [0.29, 0.717) is 19.3 Å². The van der Waals surface area contributed by atoms with Crippen molar-refractivity contribution in [1.82, 2.24) is 24.8 Å². The minimum absolute atomic E-state index is 0.0512. The maximum atomic E-state index is 12.2. The third-order valence-electron chi connectivity index (χ3n) is 6.55. The molecular weight excluding hydrogens is 511 g/mol. The van der Waals surface area contributed by atoms with Gasteiger partial charge in [0.05, 0.1) is 12.9 Å². The summed E-state index contributed by atoms with van der Waals surface area (Å²) in [5.41, 5.74) is 6.30. The molecule has 0 spiro atoms. The summed E-state index contributed by atoms with van der Waals surface area (Å²) >= 11 is 0. The van der Waals surface area contributed by atoms with E-state index in [1.165, 1.54) is 17.2 Å². The second kappa shape index (κ2) is 11.4. The van der Waals surface area contributed by atoms with Crippen molar-refractivity contribution in [3.63, 3.8) is 0 Å². The Morgan fingerprint density at radius 2 is 2.05 bits per heavy atom. The lowest BCUT2D eigenvalue weighted by atomic mass is 9.97. The Morgan fingerprint density at radius 1 is 1.27 bits per heavy atom. The van der Waals surface area contributed by atoms with E-state index in [1.807, 2.05) is 6.92 Å². The van der Waals surface area contributed by atoms with Gasteiger partial charge in [-0.2, -0.15) is 0 Å². The Morgan fingerprint density at radius 3 is 2.78 bits per heavy atom. The molecule has 0 radical (unpaired) electrons. The zero-order chi connectivity index (χ0) is 26.7. The van der Waals surface area contributed by atoms with Gasteiger partial charge < -0.3 is 30.5 Å². The van der Waals surface area contributed by atoms with E-state index in [9.17, 15) is 29.3 Å². The molecule has 7 atom stereocenters. The number of nitrogens with one attached hydrogen (secondary N) is 1. The first-order valence-electron chi connectivity index (χ1n) is 12.0. The molecule has 204 valence electrons. The van der Waals surface area contributed by atoms with Crippen LogP contribution in [0.25, 0.3) is 11.2 Å². The van der Waals surface area contributed by atoms with Gasteiger partial charge in [0.2, 0.25) is 5.91 Å². The fourth-order valence-corrected chi connectivity index (χ4v) is 5.27. The van der Waals surface area contributed by atoms with Gasteiger partial charge in [-0.25, -0.2) is 19.5 Å². The Labute approximate surface area is 212 Å². The summed E-state index contributed by atoms with van der Waals surface area (Å²) in [5, 5.41) is 23.7. The number of imidazole rings is 1. The number of hydrogen-bond donors (Lipinski definition) is 5. The van der Waals surface area contributed by atoms with Crippen LogP contribution >= 0.6 is 7.82 Å². The number of rotatable bonds is 11. The summed E-state index contributed by atoms with van der Waals surface area (Å²) < 4.78 is 28.6. The number of aliphatic hydroxyl groups excluding tert-OH is 2. The minimum atomic E-state index is -4.79. The maximum Gasteiger partial charge on any atom is 0.529 e. The third-order valence-corrected chi connectivity index (χ3v) is 7.46. The van der Waals surface area contributed by atoms with Crippen LogP contribution in [0.2, 0.25) is 0 Å². The summed E-state index contributed by atoms with van der Waals surface area (Å²) in [7, 11) is -4.79. The highest BCUT2D eigenvalue weighted by Crippen LogP contribution is 2.45. The van der Waals surface area contributed by atoms with E-state index in [1.54, 1.807) is 0 Å². The van der Waals surface area contributed by atoms with Crippen molar-refractivity contribution in [2.24, 2.45) is 5.92 Å². The summed E-state index contributed by atoms with van der Waals surface area (Å²) in [6.45, 7) is 1.38. The summed E-state index contributed by atoms with van der Waals surface area (Å²) in [6, 6.07) is 0.135. The molecule has 37 heavy (non-hydrogen) atoms. The van der Waals surface area contributed by atoms with E-state index in [2.05, 4.69) is 24.8 Å². The molecular formula is C21H31N6O9P. The highest BCUT2D eigenvalue weighted by molar-refractivity contribution is 7.48. The van der Waals surface area contributed by atoms with Crippen molar-refractivity contribution in [2.75, 3.05) is 12.3 Å². The number of nitrogens with two attached hydrogens (primary N) is 1. The molecule has 6 N–H and O–H groups in total.